The van der Waals surface area contributed by atoms with Crippen LogP contribution in [0.5, 0.6) is 5.75 Å². The summed E-state index contributed by atoms with van der Waals surface area (Å²) in [5.74, 6) is 1.29. The molecular weight excluding hydrogens is 368 g/mol. The number of ether oxygens (including phenoxy) is 2. The summed E-state index contributed by atoms with van der Waals surface area (Å²) < 4.78 is 38.1. The van der Waals surface area contributed by atoms with E-state index in [1.165, 1.54) is 4.31 Å². The number of rotatable bonds is 5. The van der Waals surface area contributed by atoms with E-state index >= 15 is 0 Å². The molecule has 0 unspecified atom stereocenters. The highest BCUT2D eigenvalue weighted by molar-refractivity contribution is 7.89. The van der Waals surface area contributed by atoms with Gasteiger partial charge in [0.05, 0.1) is 37.0 Å². The molecule has 3 heterocycles. The predicted octanol–water partition coefficient (Wildman–Crippen LogP) is 1.42. The Labute approximate surface area is 158 Å². The van der Waals surface area contributed by atoms with E-state index in [2.05, 4.69) is 14.9 Å². The fourth-order valence-electron chi connectivity index (χ4n) is 3.22. The van der Waals surface area contributed by atoms with E-state index in [0.29, 0.717) is 31.5 Å². The van der Waals surface area contributed by atoms with Gasteiger partial charge in [-0.15, -0.1) is 0 Å². The Morgan fingerprint density at radius 2 is 1.89 bits per heavy atom. The standard InChI is InChI=1S/C18H22N4O4S/c1-2-26-15-3-5-16(6-4-15)27(23,24)22-12-14-11-19-18(20-17(14)13-22)21-7-9-25-10-8-21/h3-6,11H,2,7-10,12-13H2,1H3. The monoisotopic (exact) mass is 390 g/mol. The molecule has 0 atom stereocenters. The first-order valence-corrected chi connectivity index (χ1v) is 10.4. The van der Waals surface area contributed by atoms with Crippen LogP contribution in [0.3, 0.4) is 0 Å². The SMILES string of the molecule is CCOc1ccc(S(=O)(=O)N2Cc3cnc(N4CCOCC4)nc3C2)cc1. The molecule has 0 bridgehead atoms. The minimum Gasteiger partial charge on any atom is -0.494 e. The predicted molar refractivity (Wildman–Crippen MR) is 99.1 cm³/mol. The molecular formula is C18H22N4O4S. The fourth-order valence-corrected chi connectivity index (χ4v) is 4.60. The van der Waals surface area contributed by atoms with Crippen molar-refractivity contribution in [3.63, 3.8) is 0 Å². The highest BCUT2D eigenvalue weighted by Gasteiger charge is 2.32. The van der Waals surface area contributed by atoms with Gasteiger partial charge in [-0.3, -0.25) is 0 Å². The lowest BCUT2D eigenvalue weighted by Crippen LogP contribution is -2.37. The Morgan fingerprint density at radius 3 is 2.59 bits per heavy atom. The van der Waals surface area contributed by atoms with Crippen molar-refractivity contribution in [1.82, 2.24) is 14.3 Å². The molecule has 2 aromatic rings. The zero-order valence-corrected chi connectivity index (χ0v) is 16.0. The van der Waals surface area contributed by atoms with E-state index in [-0.39, 0.29) is 18.0 Å². The van der Waals surface area contributed by atoms with Crippen molar-refractivity contribution in [2.24, 2.45) is 0 Å². The number of fused-ring (bicyclic) bond motifs is 1. The fraction of sp³-hybridized carbons (Fsp3) is 0.444. The minimum absolute atomic E-state index is 0.250. The number of anilines is 1. The van der Waals surface area contributed by atoms with Gasteiger partial charge in [-0.25, -0.2) is 18.4 Å². The van der Waals surface area contributed by atoms with Crippen LogP contribution in [0, 0.1) is 0 Å². The lowest BCUT2D eigenvalue weighted by molar-refractivity contribution is 0.122. The maximum atomic E-state index is 13.0. The number of aromatic nitrogens is 2. The molecule has 0 saturated carbocycles. The molecule has 2 aliphatic rings. The van der Waals surface area contributed by atoms with Crippen LogP contribution in [0.15, 0.2) is 35.4 Å². The van der Waals surface area contributed by atoms with Crippen molar-refractivity contribution in [3.8, 4) is 5.75 Å². The van der Waals surface area contributed by atoms with Crippen LogP contribution in [-0.2, 0) is 27.8 Å². The van der Waals surface area contributed by atoms with Gasteiger partial charge in [-0.05, 0) is 31.2 Å². The Morgan fingerprint density at radius 1 is 1.15 bits per heavy atom. The van der Waals surface area contributed by atoms with Gasteiger partial charge in [0.2, 0.25) is 16.0 Å². The van der Waals surface area contributed by atoms with Gasteiger partial charge in [-0.1, -0.05) is 0 Å². The molecule has 8 nitrogen and oxygen atoms in total. The van der Waals surface area contributed by atoms with Crippen LogP contribution in [0.25, 0.3) is 0 Å². The largest absolute Gasteiger partial charge is 0.494 e. The molecule has 1 aromatic heterocycles. The summed E-state index contributed by atoms with van der Waals surface area (Å²) in [5.41, 5.74) is 1.61. The molecule has 2 aliphatic heterocycles. The number of hydrogen-bond donors (Lipinski definition) is 0. The third-order valence-corrected chi connectivity index (χ3v) is 6.49. The van der Waals surface area contributed by atoms with Gasteiger partial charge >= 0.3 is 0 Å². The second kappa shape index (κ2) is 7.41. The summed E-state index contributed by atoms with van der Waals surface area (Å²) in [7, 11) is -3.60. The Kier molecular flexibility index (Phi) is 4.98. The quantitative estimate of drug-likeness (QED) is 0.763. The van der Waals surface area contributed by atoms with Gasteiger partial charge in [0.25, 0.3) is 0 Å². The highest BCUT2D eigenvalue weighted by atomic mass is 32.2. The summed E-state index contributed by atoms with van der Waals surface area (Å²) in [6.07, 6.45) is 1.74. The smallest absolute Gasteiger partial charge is 0.243 e. The van der Waals surface area contributed by atoms with Crippen molar-refractivity contribution < 1.29 is 17.9 Å². The van der Waals surface area contributed by atoms with Gasteiger partial charge in [0.1, 0.15) is 5.75 Å². The van der Waals surface area contributed by atoms with E-state index in [9.17, 15) is 8.42 Å². The molecule has 144 valence electrons. The molecule has 27 heavy (non-hydrogen) atoms. The number of nitrogens with zero attached hydrogens (tertiary/aromatic N) is 4. The van der Waals surface area contributed by atoms with E-state index in [4.69, 9.17) is 9.47 Å². The Bertz CT molecular complexity index is 911. The molecule has 1 saturated heterocycles. The maximum absolute atomic E-state index is 13.0. The van der Waals surface area contributed by atoms with Gasteiger partial charge in [0.15, 0.2) is 0 Å². The van der Waals surface area contributed by atoms with Crippen LogP contribution in [-0.4, -0.2) is 55.6 Å². The first kappa shape index (κ1) is 18.1. The maximum Gasteiger partial charge on any atom is 0.243 e. The van der Waals surface area contributed by atoms with Gasteiger partial charge < -0.3 is 14.4 Å². The molecule has 1 aromatic carbocycles. The number of morpholine rings is 1. The molecule has 4 rings (SSSR count). The third-order valence-electron chi connectivity index (χ3n) is 4.68. The van der Waals surface area contributed by atoms with Crippen LogP contribution in [0.2, 0.25) is 0 Å². The van der Waals surface area contributed by atoms with Crippen molar-refractivity contribution in [3.05, 3.63) is 41.7 Å². The summed E-state index contributed by atoms with van der Waals surface area (Å²) in [6.45, 7) is 5.76. The van der Waals surface area contributed by atoms with E-state index < -0.39 is 10.0 Å². The van der Waals surface area contributed by atoms with Crippen molar-refractivity contribution >= 4 is 16.0 Å². The Balaban J connectivity index is 1.53. The minimum atomic E-state index is -3.60. The molecule has 0 spiro atoms. The first-order chi connectivity index (χ1) is 13.1. The summed E-state index contributed by atoms with van der Waals surface area (Å²) >= 11 is 0. The summed E-state index contributed by atoms with van der Waals surface area (Å²) in [4.78, 5) is 11.3. The van der Waals surface area contributed by atoms with E-state index in [1.807, 2.05) is 6.92 Å². The Hall–Kier alpha value is -2.23. The van der Waals surface area contributed by atoms with Crippen LogP contribution in [0.1, 0.15) is 18.2 Å². The molecule has 9 heteroatoms. The molecule has 0 aliphatic carbocycles. The molecule has 0 amide bonds. The second-order valence-electron chi connectivity index (χ2n) is 6.42. The number of hydrogen-bond acceptors (Lipinski definition) is 7. The molecule has 0 radical (unpaired) electrons. The van der Waals surface area contributed by atoms with Crippen molar-refractivity contribution in [1.29, 1.82) is 0 Å². The topological polar surface area (TPSA) is 84.9 Å². The van der Waals surface area contributed by atoms with E-state index in [0.717, 1.165) is 24.3 Å². The van der Waals surface area contributed by atoms with Crippen molar-refractivity contribution in [2.75, 3.05) is 37.8 Å². The summed E-state index contributed by atoms with van der Waals surface area (Å²) in [5, 5.41) is 0. The normalized spacial score (nSPS) is 17.7. The summed E-state index contributed by atoms with van der Waals surface area (Å²) in [6, 6.07) is 6.51. The van der Waals surface area contributed by atoms with Crippen LogP contribution < -0.4 is 9.64 Å². The zero-order valence-electron chi connectivity index (χ0n) is 15.2. The lowest BCUT2D eigenvalue weighted by atomic mass is 10.3. The molecule has 0 N–H and O–H groups in total. The van der Waals surface area contributed by atoms with Crippen LogP contribution >= 0.6 is 0 Å². The highest BCUT2D eigenvalue weighted by Crippen LogP contribution is 2.29. The van der Waals surface area contributed by atoms with Gasteiger partial charge in [-0.2, -0.15) is 4.31 Å². The van der Waals surface area contributed by atoms with E-state index in [1.54, 1.807) is 30.5 Å². The third kappa shape index (κ3) is 3.62. The number of benzene rings is 1. The average Bonchev–Trinajstić information content (AvgIpc) is 3.14. The molecule has 1 fully saturated rings. The zero-order chi connectivity index (χ0) is 18.9. The average molecular weight is 390 g/mol. The van der Waals surface area contributed by atoms with Crippen molar-refractivity contribution in [2.45, 2.75) is 24.9 Å². The first-order valence-electron chi connectivity index (χ1n) is 8.98. The van der Waals surface area contributed by atoms with Gasteiger partial charge in [0, 0.05) is 31.4 Å². The van der Waals surface area contributed by atoms with Crippen LogP contribution in [0.4, 0.5) is 5.95 Å². The second-order valence-corrected chi connectivity index (χ2v) is 8.36. The lowest BCUT2D eigenvalue weighted by Gasteiger charge is -2.26. The number of sulfonamides is 1.